The molecule has 1 saturated heterocycles. The van der Waals surface area contributed by atoms with Gasteiger partial charge in [-0.15, -0.1) is 11.3 Å². The lowest BCUT2D eigenvalue weighted by molar-refractivity contribution is -0.116. The van der Waals surface area contributed by atoms with E-state index in [2.05, 4.69) is 16.3 Å². The minimum atomic E-state index is -3.80. The fraction of sp³-hybridized carbons (Fsp3) is 0.333. The van der Waals surface area contributed by atoms with Gasteiger partial charge in [0.15, 0.2) is 0 Å². The number of nitrogens with two attached hydrogens (primary N) is 1. The predicted molar refractivity (Wildman–Crippen MR) is 119 cm³/mol. The van der Waals surface area contributed by atoms with Crippen molar-refractivity contribution in [2.24, 2.45) is 5.14 Å². The van der Waals surface area contributed by atoms with Gasteiger partial charge in [-0.05, 0) is 49.7 Å². The highest BCUT2D eigenvalue weighted by atomic mass is 32.2. The van der Waals surface area contributed by atoms with Gasteiger partial charge in [0.25, 0.3) is 0 Å². The van der Waals surface area contributed by atoms with Crippen molar-refractivity contribution in [1.29, 1.82) is 0 Å². The third-order valence-corrected chi connectivity index (χ3v) is 7.33. The van der Waals surface area contributed by atoms with E-state index >= 15 is 0 Å². The van der Waals surface area contributed by atoms with Crippen molar-refractivity contribution in [3.05, 3.63) is 53.5 Å². The minimum absolute atomic E-state index is 0.0211. The first kappa shape index (κ1) is 20.9. The van der Waals surface area contributed by atoms with Crippen LogP contribution >= 0.6 is 11.3 Å². The second-order valence-corrected chi connectivity index (χ2v) is 10.1. The molecule has 4 rings (SSSR count). The summed E-state index contributed by atoms with van der Waals surface area (Å²) in [5.74, 6) is -0.157. The van der Waals surface area contributed by atoms with Gasteiger partial charge < -0.3 is 5.32 Å². The Morgan fingerprint density at radius 1 is 1.20 bits per heavy atom. The second-order valence-electron chi connectivity index (χ2n) is 7.44. The van der Waals surface area contributed by atoms with E-state index in [-0.39, 0.29) is 16.8 Å². The number of nitrogens with zero attached hydrogens (tertiary/aromatic N) is 2. The van der Waals surface area contributed by atoms with Crippen LogP contribution in [0.2, 0.25) is 0 Å². The monoisotopic (exact) mass is 444 g/mol. The molecule has 0 saturated carbocycles. The highest BCUT2D eigenvalue weighted by molar-refractivity contribution is 7.89. The molecule has 3 aromatic rings. The zero-order chi connectivity index (χ0) is 21.1. The number of hydrogen-bond acceptors (Lipinski definition) is 6. The van der Waals surface area contributed by atoms with Crippen molar-refractivity contribution in [2.75, 3.05) is 18.4 Å². The molecule has 3 N–H and O–H groups in total. The van der Waals surface area contributed by atoms with Gasteiger partial charge in [0.05, 0.1) is 21.2 Å². The maximum absolute atomic E-state index is 12.5. The third kappa shape index (κ3) is 4.86. The van der Waals surface area contributed by atoms with Crippen LogP contribution in [0.25, 0.3) is 10.2 Å². The molecular weight excluding hydrogens is 420 g/mol. The number of fused-ring (bicyclic) bond motifs is 1. The summed E-state index contributed by atoms with van der Waals surface area (Å²) in [6.45, 7) is 1.57. The van der Waals surface area contributed by atoms with Crippen molar-refractivity contribution < 1.29 is 13.2 Å². The third-order valence-electron chi connectivity index (χ3n) is 5.28. The molecule has 0 bridgehead atoms. The summed E-state index contributed by atoms with van der Waals surface area (Å²) in [5, 5.41) is 9.04. The topological polar surface area (TPSA) is 105 Å². The SMILES string of the molecule is NS(=O)(=O)c1cccc(NC(=O)CCN2CCCCC2c2nc3ccccc3s2)c1. The number of piperidine rings is 1. The standard InChI is InChI=1S/C21H24N4O3S2/c22-30(27,28)16-7-5-6-15(14-16)23-20(26)11-13-25-12-4-3-9-18(25)21-24-17-8-1-2-10-19(17)29-21/h1-2,5-8,10,14,18H,3-4,9,11-13H2,(H,23,26)(H2,22,27,28). The van der Waals surface area contributed by atoms with Gasteiger partial charge in [0.1, 0.15) is 5.01 Å². The number of amides is 1. The van der Waals surface area contributed by atoms with E-state index in [1.165, 1.54) is 16.8 Å². The van der Waals surface area contributed by atoms with Gasteiger partial charge in [-0.25, -0.2) is 18.5 Å². The number of nitrogens with one attached hydrogen (secondary N) is 1. The lowest BCUT2D eigenvalue weighted by Gasteiger charge is -2.34. The van der Waals surface area contributed by atoms with Crippen molar-refractivity contribution in [2.45, 2.75) is 36.6 Å². The number of benzene rings is 2. The molecule has 2 aromatic carbocycles. The highest BCUT2D eigenvalue weighted by Crippen LogP contribution is 2.35. The van der Waals surface area contributed by atoms with Crippen molar-refractivity contribution in [3.8, 4) is 0 Å². The maximum Gasteiger partial charge on any atom is 0.238 e. The largest absolute Gasteiger partial charge is 0.326 e. The molecule has 0 spiro atoms. The Bertz CT molecular complexity index is 1130. The van der Waals surface area contributed by atoms with Crippen LogP contribution in [0.15, 0.2) is 53.4 Å². The summed E-state index contributed by atoms with van der Waals surface area (Å²) in [4.78, 5) is 19.6. The summed E-state index contributed by atoms with van der Waals surface area (Å²) in [7, 11) is -3.80. The van der Waals surface area contributed by atoms with E-state index in [9.17, 15) is 13.2 Å². The van der Waals surface area contributed by atoms with Crippen LogP contribution in [0.3, 0.4) is 0 Å². The number of para-hydroxylation sites is 1. The van der Waals surface area contributed by atoms with E-state index in [1.807, 2.05) is 18.2 Å². The number of carbonyl (C=O) groups is 1. The molecule has 1 unspecified atom stereocenters. The number of sulfonamides is 1. The minimum Gasteiger partial charge on any atom is -0.326 e. The zero-order valence-electron chi connectivity index (χ0n) is 16.5. The zero-order valence-corrected chi connectivity index (χ0v) is 18.1. The van der Waals surface area contributed by atoms with Crippen molar-refractivity contribution >= 4 is 43.2 Å². The number of carbonyl (C=O) groups excluding carboxylic acids is 1. The number of primary sulfonamides is 1. The Labute approximate surface area is 180 Å². The number of thiazole rings is 1. The van der Waals surface area contributed by atoms with Gasteiger partial charge in [0.2, 0.25) is 15.9 Å². The number of rotatable bonds is 6. The number of anilines is 1. The molecule has 1 atom stereocenters. The van der Waals surface area contributed by atoms with Gasteiger partial charge >= 0.3 is 0 Å². The van der Waals surface area contributed by atoms with Crippen LogP contribution in [-0.2, 0) is 14.8 Å². The molecular formula is C21H24N4O3S2. The molecule has 9 heteroatoms. The van der Waals surface area contributed by atoms with Gasteiger partial charge in [0, 0.05) is 18.7 Å². The number of hydrogen-bond donors (Lipinski definition) is 2. The first-order valence-electron chi connectivity index (χ1n) is 9.92. The van der Waals surface area contributed by atoms with E-state index in [4.69, 9.17) is 10.1 Å². The second kappa shape index (κ2) is 8.81. The first-order chi connectivity index (χ1) is 14.4. The summed E-state index contributed by atoms with van der Waals surface area (Å²) >= 11 is 1.73. The van der Waals surface area contributed by atoms with Crippen LogP contribution < -0.4 is 10.5 Å². The number of aromatic nitrogens is 1. The molecule has 0 aliphatic carbocycles. The van der Waals surface area contributed by atoms with E-state index in [1.54, 1.807) is 23.5 Å². The smallest absolute Gasteiger partial charge is 0.238 e. The van der Waals surface area contributed by atoms with Crippen molar-refractivity contribution in [1.82, 2.24) is 9.88 Å². The molecule has 2 heterocycles. The van der Waals surface area contributed by atoms with Crippen molar-refractivity contribution in [3.63, 3.8) is 0 Å². The molecule has 7 nitrogen and oxygen atoms in total. The molecule has 1 aliphatic rings. The van der Waals surface area contributed by atoms with Crippen LogP contribution in [0.4, 0.5) is 5.69 Å². The predicted octanol–water partition coefficient (Wildman–Crippen LogP) is 3.50. The molecule has 0 radical (unpaired) electrons. The molecule has 1 aliphatic heterocycles. The van der Waals surface area contributed by atoms with E-state index in [0.717, 1.165) is 36.3 Å². The molecule has 1 aromatic heterocycles. The molecule has 158 valence electrons. The Balaban J connectivity index is 1.41. The molecule has 30 heavy (non-hydrogen) atoms. The lowest BCUT2D eigenvalue weighted by atomic mass is 10.0. The first-order valence-corrected chi connectivity index (χ1v) is 12.3. The van der Waals surface area contributed by atoms with E-state index < -0.39 is 10.0 Å². The van der Waals surface area contributed by atoms with Crippen LogP contribution in [0.1, 0.15) is 36.7 Å². The Kier molecular flexibility index (Phi) is 6.14. The molecule has 1 amide bonds. The summed E-state index contributed by atoms with van der Waals surface area (Å²) in [6.07, 6.45) is 3.63. The van der Waals surface area contributed by atoms with Gasteiger partial charge in [-0.3, -0.25) is 9.69 Å². The summed E-state index contributed by atoms with van der Waals surface area (Å²) < 4.78 is 24.2. The lowest BCUT2D eigenvalue weighted by Crippen LogP contribution is -2.35. The fourth-order valence-electron chi connectivity index (χ4n) is 3.79. The average molecular weight is 445 g/mol. The normalized spacial score (nSPS) is 17.8. The van der Waals surface area contributed by atoms with Gasteiger partial charge in [-0.2, -0.15) is 0 Å². The Morgan fingerprint density at radius 2 is 2.03 bits per heavy atom. The van der Waals surface area contributed by atoms with Gasteiger partial charge in [-0.1, -0.05) is 24.6 Å². The van der Waals surface area contributed by atoms with Crippen LogP contribution in [0, 0.1) is 0 Å². The Hall–Kier alpha value is -2.33. The highest BCUT2D eigenvalue weighted by Gasteiger charge is 2.27. The maximum atomic E-state index is 12.5. The van der Waals surface area contributed by atoms with E-state index in [0.29, 0.717) is 18.7 Å². The average Bonchev–Trinajstić information content (AvgIpc) is 3.16. The summed E-state index contributed by atoms with van der Waals surface area (Å²) in [5.41, 5.74) is 1.45. The fourth-order valence-corrected chi connectivity index (χ4v) is 5.49. The van der Waals surface area contributed by atoms with Crippen LogP contribution in [0.5, 0.6) is 0 Å². The number of likely N-dealkylation sites (tertiary alicyclic amines) is 1. The Morgan fingerprint density at radius 3 is 2.83 bits per heavy atom. The summed E-state index contributed by atoms with van der Waals surface area (Å²) in [6, 6.07) is 14.4. The quantitative estimate of drug-likeness (QED) is 0.605. The van der Waals surface area contributed by atoms with Crippen LogP contribution in [-0.4, -0.2) is 37.3 Å². The molecule has 1 fully saturated rings.